The highest BCUT2D eigenvalue weighted by Gasteiger charge is 2.54. The molecule has 0 aliphatic carbocycles. The summed E-state index contributed by atoms with van der Waals surface area (Å²) in [5.74, 6) is 0. The first-order valence-corrected chi connectivity index (χ1v) is 11.6. The quantitative estimate of drug-likeness (QED) is 0.639. The van der Waals surface area contributed by atoms with E-state index in [1.165, 1.54) is 18.2 Å². The number of benzene rings is 2. The summed E-state index contributed by atoms with van der Waals surface area (Å²) in [5, 5.41) is -4.24. The Balaban J connectivity index is 2.28. The SMILES string of the molecule is CC(C)(C)[S@@](=O)N[C@H](COCc1ccccc1)C(F)(F)S(=O)(=O)c1ccccc1. The molecule has 0 unspecified atom stereocenters. The monoisotopic (exact) mass is 445 g/mol. The molecule has 0 amide bonds. The Morgan fingerprint density at radius 3 is 2.03 bits per heavy atom. The van der Waals surface area contributed by atoms with Gasteiger partial charge in [0.1, 0.15) is 6.04 Å². The molecule has 2 rings (SSSR count). The highest BCUT2D eigenvalue weighted by molar-refractivity contribution is 7.92. The van der Waals surface area contributed by atoms with E-state index in [9.17, 15) is 12.6 Å². The molecule has 0 fully saturated rings. The molecule has 0 aliphatic rings. The summed E-state index contributed by atoms with van der Waals surface area (Å²) in [6, 6.07) is 13.3. The van der Waals surface area contributed by atoms with Gasteiger partial charge in [0.25, 0.3) is 0 Å². The zero-order chi connectivity index (χ0) is 21.7. The molecule has 5 nitrogen and oxygen atoms in total. The van der Waals surface area contributed by atoms with E-state index in [1.807, 2.05) is 0 Å². The van der Waals surface area contributed by atoms with Gasteiger partial charge in [0.15, 0.2) is 0 Å². The lowest BCUT2D eigenvalue weighted by Gasteiger charge is -2.29. The number of alkyl halides is 2. The van der Waals surface area contributed by atoms with Crippen LogP contribution < -0.4 is 4.72 Å². The fraction of sp³-hybridized carbons (Fsp3) is 0.400. The minimum absolute atomic E-state index is 0.0165. The number of hydrogen-bond donors (Lipinski definition) is 1. The standard InChI is InChI=1S/C20H25F2NO4S2/c1-19(2,3)28(24)23-18(15-27-14-16-10-6-4-7-11-16)20(21,22)29(25,26)17-12-8-5-9-13-17/h4-13,18,23H,14-15H2,1-3H3/t18-,28-/m1/s1. The number of hydrogen-bond acceptors (Lipinski definition) is 4. The largest absolute Gasteiger partial charge is 0.375 e. The van der Waals surface area contributed by atoms with Crippen LogP contribution in [-0.4, -0.2) is 35.3 Å². The van der Waals surface area contributed by atoms with Gasteiger partial charge in [-0.2, -0.15) is 8.78 Å². The Morgan fingerprint density at radius 1 is 1.00 bits per heavy atom. The molecule has 2 aromatic carbocycles. The van der Waals surface area contributed by atoms with E-state index in [2.05, 4.69) is 4.72 Å². The molecule has 2 aromatic rings. The normalized spacial score (nSPS) is 15.1. The van der Waals surface area contributed by atoms with Crippen molar-refractivity contribution in [2.24, 2.45) is 0 Å². The van der Waals surface area contributed by atoms with Crippen LogP contribution in [0.3, 0.4) is 0 Å². The minimum atomic E-state index is -5.03. The summed E-state index contributed by atoms with van der Waals surface area (Å²) < 4.78 is 74.8. The van der Waals surface area contributed by atoms with Crippen molar-refractivity contribution in [3.63, 3.8) is 0 Å². The van der Waals surface area contributed by atoms with Crippen LogP contribution >= 0.6 is 0 Å². The Labute approximate surface area is 173 Å². The van der Waals surface area contributed by atoms with Crippen molar-refractivity contribution >= 4 is 20.8 Å². The van der Waals surface area contributed by atoms with E-state index in [-0.39, 0.29) is 6.61 Å². The molecule has 29 heavy (non-hydrogen) atoms. The maximum atomic E-state index is 15.2. The first-order chi connectivity index (χ1) is 13.5. The molecule has 0 radical (unpaired) electrons. The summed E-state index contributed by atoms with van der Waals surface area (Å²) in [6.45, 7) is 4.17. The average molecular weight is 446 g/mol. The van der Waals surface area contributed by atoms with E-state index in [1.54, 1.807) is 51.1 Å². The van der Waals surface area contributed by atoms with E-state index in [0.29, 0.717) is 0 Å². The van der Waals surface area contributed by atoms with Gasteiger partial charge in [-0.25, -0.2) is 17.3 Å². The molecule has 0 saturated heterocycles. The van der Waals surface area contributed by atoms with Gasteiger partial charge in [0.2, 0.25) is 9.84 Å². The Hall–Kier alpha value is -1.68. The lowest BCUT2D eigenvalue weighted by atomic mass is 10.2. The lowest BCUT2D eigenvalue weighted by molar-refractivity contribution is 0.00376. The molecular weight excluding hydrogens is 420 g/mol. The summed E-state index contributed by atoms with van der Waals surface area (Å²) in [6.07, 6.45) is 0. The van der Waals surface area contributed by atoms with E-state index in [4.69, 9.17) is 4.74 Å². The highest BCUT2D eigenvalue weighted by atomic mass is 32.2. The van der Waals surface area contributed by atoms with Crippen molar-refractivity contribution in [1.82, 2.24) is 4.72 Å². The molecule has 9 heteroatoms. The van der Waals surface area contributed by atoms with Gasteiger partial charge in [-0.1, -0.05) is 48.5 Å². The summed E-state index contributed by atoms with van der Waals surface area (Å²) >= 11 is 0. The zero-order valence-electron chi connectivity index (χ0n) is 16.5. The third kappa shape index (κ3) is 5.91. The second-order valence-electron chi connectivity index (χ2n) is 7.43. The van der Waals surface area contributed by atoms with Crippen molar-refractivity contribution in [2.45, 2.75) is 48.3 Å². The average Bonchev–Trinajstić information content (AvgIpc) is 2.67. The van der Waals surface area contributed by atoms with Crippen LogP contribution in [-0.2, 0) is 32.2 Å². The van der Waals surface area contributed by atoms with Gasteiger partial charge >= 0.3 is 5.25 Å². The maximum Gasteiger partial charge on any atom is 0.368 e. The lowest BCUT2D eigenvalue weighted by Crippen LogP contribution is -2.55. The predicted molar refractivity (Wildman–Crippen MR) is 109 cm³/mol. The fourth-order valence-corrected chi connectivity index (χ4v) is 4.55. The van der Waals surface area contributed by atoms with Gasteiger partial charge in [-0.05, 0) is 38.5 Å². The molecule has 0 spiro atoms. The van der Waals surface area contributed by atoms with Gasteiger partial charge in [-0.3, -0.25) is 0 Å². The Kier molecular flexibility index (Phi) is 7.67. The predicted octanol–water partition coefficient (Wildman–Crippen LogP) is 3.69. The van der Waals surface area contributed by atoms with Crippen LogP contribution in [0.4, 0.5) is 8.78 Å². The van der Waals surface area contributed by atoms with Gasteiger partial charge in [0.05, 0.1) is 33.8 Å². The van der Waals surface area contributed by atoms with Crippen molar-refractivity contribution in [2.75, 3.05) is 6.61 Å². The molecule has 0 heterocycles. The van der Waals surface area contributed by atoms with E-state index >= 15 is 8.78 Å². The number of halogens is 2. The van der Waals surface area contributed by atoms with Crippen LogP contribution in [0.5, 0.6) is 0 Å². The van der Waals surface area contributed by atoms with Crippen molar-refractivity contribution < 1.29 is 26.1 Å². The molecule has 0 bridgehead atoms. The van der Waals surface area contributed by atoms with Crippen LogP contribution in [0.15, 0.2) is 65.6 Å². The van der Waals surface area contributed by atoms with Gasteiger partial charge in [0, 0.05) is 0 Å². The fourth-order valence-electron chi connectivity index (χ4n) is 2.32. The molecule has 0 aliphatic heterocycles. The second-order valence-corrected chi connectivity index (χ2v) is 11.5. The van der Waals surface area contributed by atoms with Crippen LogP contribution in [0, 0.1) is 0 Å². The first kappa shape index (κ1) is 23.6. The number of rotatable bonds is 9. The molecule has 1 N–H and O–H groups in total. The maximum absolute atomic E-state index is 15.2. The highest BCUT2D eigenvalue weighted by Crippen LogP contribution is 2.33. The zero-order valence-corrected chi connectivity index (χ0v) is 18.1. The van der Waals surface area contributed by atoms with Crippen molar-refractivity contribution in [3.05, 3.63) is 66.2 Å². The number of ether oxygens (including phenoxy) is 1. The molecular formula is C20H25F2NO4S2. The van der Waals surface area contributed by atoms with E-state index in [0.717, 1.165) is 17.7 Å². The van der Waals surface area contributed by atoms with Gasteiger partial charge < -0.3 is 4.74 Å². The summed E-state index contributed by atoms with van der Waals surface area (Å²) in [7, 11) is -6.96. The Bertz CT molecular complexity index is 915. The molecule has 0 saturated carbocycles. The van der Waals surface area contributed by atoms with E-state index < -0.39 is 48.4 Å². The minimum Gasteiger partial charge on any atom is -0.375 e. The van der Waals surface area contributed by atoms with Gasteiger partial charge in [-0.15, -0.1) is 0 Å². The number of nitrogens with one attached hydrogen (secondary N) is 1. The molecule has 2 atom stereocenters. The topological polar surface area (TPSA) is 72.5 Å². The third-order valence-corrected chi connectivity index (χ3v) is 7.52. The molecule has 0 aromatic heterocycles. The summed E-state index contributed by atoms with van der Waals surface area (Å²) in [4.78, 5) is -0.513. The third-order valence-electron chi connectivity index (χ3n) is 4.02. The van der Waals surface area contributed by atoms with Crippen LogP contribution in [0.2, 0.25) is 0 Å². The number of sulfone groups is 1. The summed E-state index contributed by atoms with van der Waals surface area (Å²) in [5.41, 5.74) is 0.748. The Morgan fingerprint density at radius 2 is 1.52 bits per heavy atom. The van der Waals surface area contributed by atoms with Crippen molar-refractivity contribution in [3.8, 4) is 0 Å². The second kappa shape index (κ2) is 9.42. The first-order valence-electron chi connectivity index (χ1n) is 8.93. The van der Waals surface area contributed by atoms with Crippen LogP contribution in [0.1, 0.15) is 26.3 Å². The smallest absolute Gasteiger partial charge is 0.368 e. The van der Waals surface area contributed by atoms with Crippen molar-refractivity contribution in [1.29, 1.82) is 0 Å². The van der Waals surface area contributed by atoms with Crippen LogP contribution in [0.25, 0.3) is 0 Å². The molecule has 160 valence electrons.